The maximum absolute atomic E-state index is 9.31. The molecule has 0 saturated carbocycles. The van der Waals surface area contributed by atoms with E-state index in [1.165, 1.54) is 0 Å². The fourth-order valence-electron chi connectivity index (χ4n) is 1.68. The zero-order valence-electron chi connectivity index (χ0n) is 8.73. The molecule has 0 spiro atoms. The Morgan fingerprint density at radius 2 is 2.07 bits per heavy atom. The molecule has 2 nitrogen and oxygen atoms in total. The molecule has 0 aliphatic rings. The van der Waals surface area contributed by atoms with E-state index in [9.17, 15) is 5.26 Å². The van der Waals surface area contributed by atoms with Crippen molar-refractivity contribution in [1.29, 1.82) is 5.26 Å². The smallest absolute Gasteiger partial charge is 0.132 e. The molecule has 2 N–H and O–H groups in total. The van der Waals surface area contributed by atoms with Crippen LogP contribution in [0, 0.1) is 11.3 Å². The van der Waals surface area contributed by atoms with E-state index in [0.29, 0.717) is 6.42 Å². The zero-order chi connectivity index (χ0) is 11.3. The van der Waals surface area contributed by atoms with Gasteiger partial charge in [-0.2, -0.15) is 5.26 Å². The molecule has 0 aliphatic heterocycles. The van der Waals surface area contributed by atoms with E-state index in [4.69, 9.17) is 18.0 Å². The molecular formula is C12H14N2S. The van der Waals surface area contributed by atoms with Crippen LogP contribution in [0.5, 0.6) is 0 Å². The van der Waals surface area contributed by atoms with Crippen molar-refractivity contribution in [1.82, 2.24) is 0 Å². The maximum Gasteiger partial charge on any atom is 0.132 e. The highest BCUT2D eigenvalue weighted by Gasteiger charge is 2.34. The van der Waals surface area contributed by atoms with Crippen LogP contribution >= 0.6 is 12.2 Å². The highest BCUT2D eigenvalue weighted by Crippen LogP contribution is 2.29. The Hall–Kier alpha value is -1.40. The summed E-state index contributed by atoms with van der Waals surface area (Å²) < 4.78 is 0. The number of nitrogens with two attached hydrogens (primary N) is 1. The van der Waals surface area contributed by atoms with E-state index >= 15 is 0 Å². The van der Waals surface area contributed by atoms with Crippen molar-refractivity contribution in [3.63, 3.8) is 0 Å². The van der Waals surface area contributed by atoms with Crippen molar-refractivity contribution in [3.8, 4) is 6.07 Å². The highest BCUT2D eigenvalue weighted by molar-refractivity contribution is 7.80. The lowest BCUT2D eigenvalue weighted by Crippen LogP contribution is -2.38. The Balaban J connectivity index is 3.23. The fraction of sp³-hybridized carbons (Fsp3) is 0.333. The van der Waals surface area contributed by atoms with E-state index in [2.05, 4.69) is 6.07 Å². The third-order valence-electron chi connectivity index (χ3n) is 2.50. The first-order chi connectivity index (χ1) is 7.17. The molecule has 1 aromatic rings. The standard InChI is InChI=1S/C12H14N2S/c1-2-8-12(9-13,11(14)15)10-6-4-3-5-7-10/h3-7H,2,8H2,1H3,(H2,14,15). The van der Waals surface area contributed by atoms with Gasteiger partial charge in [0.05, 0.1) is 11.1 Å². The van der Waals surface area contributed by atoms with Gasteiger partial charge in [0.2, 0.25) is 0 Å². The van der Waals surface area contributed by atoms with E-state index < -0.39 is 5.41 Å². The molecule has 0 bridgehead atoms. The summed E-state index contributed by atoms with van der Waals surface area (Å²) in [5.41, 5.74) is 5.80. The molecule has 0 aliphatic carbocycles. The van der Waals surface area contributed by atoms with Crippen molar-refractivity contribution < 1.29 is 0 Å². The van der Waals surface area contributed by atoms with Gasteiger partial charge in [-0.05, 0) is 12.0 Å². The lowest BCUT2D eigenvalue weighted by molar-refractivity contribution is 0.638. The van der Waals surface area contributed by atoms with Crippen LogP contribution in [0.3, 0.4) is 0 Å². The molecule has 0 amide bonds. The van der Waals surface area contributed by atoms with Gasteiger partial charge in [0, 0.05) is 0 Å². The zero-order valence-corrected chi connectivity index (χ0v) is 9.55. The molecule has 0 fully saturated rings. The minimum absolute atomic E-state index is 0.262. The lowest BCUT2D eigenvalue weighted by Gasteiger charge is -2.25. The molecule has 1 aromatic carbocycles. The summed E-state index contributed by atoms with van der Waals surface area (Å²) in [5.74, 6) is 0. The summed E-state index contributed by atoms with van der Waals surface area (Å²) >= 11 is 5.03. The van der Waals surface area contributed by atoms with Crippen molar-refractivity contribution in [2.75, 3.05) is 0 Å². The Labute approximate surface area is 95.7 Å². The minimum atomic E-state index is -0.800. The van der Waals surface area contributed by atoms with Gasteiger partial charge in [0.25, 0.3) is 0 Å². The normalized spacial score (nSPS) is 13.9. The average molecular weight is 218 g/mol. The predicted octanol–water partition coefficient (Wildman–Crippen LogP) is 2.53. The topological polar surface area (TPSA) is 49.8 Å². The first-order valence-corrected chi connectivity index (χ1v) is 5.35. The summed E-state index contributed by atoms with van der Waals surface area (Å²) in [7, 11) is 0. The number of rotatable bonds is 4. The molecule has 1 rings (SSSR count). The van der Waals surface area contributed by atoms with E-state index in [1.54, 1.807) is 0 Å². The fourth-order valence-corrected chi connectivity index (χ4v) is 1.95. The van der Waals surface area contributed by atoms with Crippen LogP contribution in [0.1, 0.15) is 25.3 Å². The molecule has 0 saturated heterocycles. The van der Waals surface area contributed by atoms with Gasteiger partial charge in [-0.3, -0.25) is 0 Å². The van der Waals surface area contributed by atoms with Crippen LogP contribution < -0.4 is 5.73 Å². The van der Waals surface area contributed by atoms with Crippen molar-refractivity contribution in [2.24, 2.45) is 5.73 Å². The second kappa shape index (κ2) is 4.90. The third-order valence-corrected chi connectivity index (χ3v) is 2.85. The second-order valence-corrected chi connectivity index (χ2v) is 3.94. The maximum atomic E-state index is 9.31. The van der Waals surface area contributed by atoms with Crippen LogP contribution in [0.15, 0.2) is 30.3 Å². The van der Waals surface area contributed by atoms with Gasteiger partial charge in [-0.15, -0.1) is 0 Å². The number of benzene rings is 1. The Kier molecular flexibility index (Phi) is 3.81. The van der Waals surface area contributed by atoms with E-state index in [1.807, 2.05) is 37.3 Å². The molecule has 0 radical (unpaired) electrons. The minimum Gasteiger partial charge on any atom is -0.392 e. The Morgan fingerprint density at radius 1 is 1.47 bits per heavy atom. The predicted molar refractivity (Wildman–Crippen MR) is 65.4 cm³/mol. The van der Waals surface area contributed by atoms with Crippen LogP contribution in [-0.4, -0.2) is 4.99 Å². The van der Waals surface area contributed by atoms with Crippen molar-refractivity contribution in [2.45, 2.75) is 25.2 Å². The molecular weight excluding hydrogens is 204 g/mol. The number of thiocarbonyl (C=S) groups is 1. The lowest BCUT2D eigenvalue weighted by atomic mass is 9.78. The second-order valence-electron chi connectivity index (χ2n) is 3.50. The first kappa shape index (κ1) is 11.7. The summed E-state index contributed by atoms with van der Waals surface area (Å²) in [6, 6.07) is 11.8. The molecule has 15 heavy (non-hydrogen) atoms. The van der Waals surface area contributed by atoms with Crippen molar-refractivity contribution >= 4 is 17.2 Å². The van der Waals surface area contributed by atoms with Gasteiger partial charge in [0.1, 0.15) is 5.41 Å². The summed E-state index contributed by atoms with van der Waals surface area (Å²) in [4.78, 5) is 0.262. The highest BCUT2D eigenvalue weighted by atomic mass is 32.1. The molecule has 78 valence electrons. The molecule has 0 heterocycles. The van der Waals surface area contributed by atoms with E-state index in [-0.39, 0.29) is 4.99 Å². The number of nitriles is 1. The summed E-state index contributed by atoms with van der Waals surface area (Å²) in [6.45, 7) is 2.02. The Morgan fingerprint density at radius 3 is 2.47 bits per heavy atom. The average Bonchev–Trinajstić information content (AvgIpc) is 2.26. The quantitative estimate of drug-likeness (QED) is 0.790. The third kappa shape index (κ3) is 2.16. The van der Waals surface area contributed by atoms with Gasteiger partial charge >= 0.3 is 0 Å². The van der Waals surface area contributed by atoms with Gasteiger partial charge < -0.3 is 5.73 Å². The Bertz CT molecular complexity index is 380. The molecule has 3 heteroatoms. The largest absolute Gasteiger partial charge is 0.392 e. The first-order valence-electron chi connectivity index (χ1n) is 4.94. The van der Waals surface area contributed by atoms with Gasteiger partial charge in [0.15, 0.2) is 0 Å². The molecule has 0 aromatic heterocycles. The van der Waals surface area contributed by atoms with Crippen LogP contribution in [0.4, 0.5) is 0 Å². The monoisotopic (exact) mass is 218 g/mol. The van der Waals surface area contributed by atoms with E-state index in [0.717, 1.165) is 12.0 Å². The van der Waals surface area contributed by atoms with Gasteiger partial charge in [-0.1, -0.05) is 55.9 Å². The van der Waals surface area contributed by atoms with Crippen LogP contribution in [-0.2, 0) is 5.41 Å². The number of nitrogens with zero attached hydrogens (tertiary/aromatic N) is 1. The summed E-state index contributed by atoms with van der Waals surface area (Å²) in [6.07, 6.45) is 1.54. The van der Waals surface area contributed by atoms with Gasteiger partial charge in [-0.25, -0.2) is 0 Å². The van der Waals surface area contributed by atoms with Crippen LogP contribution in [0.2, 0.25) is 0 Å². The SMILES string of the molecule is CCCC(C#N)(C(N)=S)c1ccccc1. The molecule has 1 unspecified atom stereocenters. The van der Waals surface area contributed by atoms with Crippen LogP contribution in [0.25, 0.3) is 0 Å². The number of hydrogen-bond acceptors (Lipinski definition) is 2. The summed E-state index contributed by atoms with van der Waals surface area (Å²) in [5, 5.41) is 9.31. The van der Waals surface area contributed by atoms with Crippen molar-refractivity contribution in [3.05, 3.63) is 35.9 Å². The molecule has 1 atom stereocenters. The number of hydrogen-bond donors (Lipinski definition) is 1.